The van der Waals surface area contributed by atoms with E-state index >= 15 is 0 Å². The number of hydrogen-bond donors (Lipinski definition) is 6. The summed E-state index contributed by atoms with van der Waals surface area (Å²) in [5.41, 5.74) is 13.8. The van der Waals surface area contributed by atoms with Gasteiger partial charge in [-0.2, -0.15) is 0 Å². The minimum absolute atomic E-state index is 0.0670. The molecule has 45 heavy (non-hydrogen) atoms. The molecule has 4 amide bonds. The molecule has 0 unspecified atom stereocenters. The third-order valence-corrected chi connectivity index (χ3v) is 7.85. The fourth-order valence-electron chi connectivity index (χ4n) is 5.41. The maximum absolute atomic E-state index is 13.8. The lowest BCUT2D eigenvalue weighted by atomic mass is 9.99. The van der Waals surface area contributed by atoms with Crippen molar-refractivity contribution in [2.45, 2.75) is 76.5 Å². The van der Waals surface area contributed by atoms with Gasteiger partial charge < -0.3 is 37.6 Å². The highest BCUT2D eigenvalue weighted by Crippen LogP contribution is 2.11. The van der Waals surface area contributed by atoms with Gasteiger partial charge in [-0.15, -0.1) is 0 Å². The summed E-state index contributed by atoms with van der Waals surface area (Å²) in [6, 6.07) is 15.3. The Kier molecular flexibility index (Phi) is 15.0. The van der Waals surface area contributed by atoms with Gasteiger partial charge in [0.25, 0.3) is 0 Å². The summed E-state index contributed by atoms with van der Waals surface area (Å²) in [5, 5.41) is 11.9. The average molecular weight is 622 g/mol. The predicted octanol–water partition coefficient (Wildman–Crippen LogP) is 0.860. The third-order valence-electron chi connectivity index (χ3n) is 7.85. The molecule has 11 heteroatoms. The van der Waals surface area contributed by atoms with Crippen molar-refractivity contribution in [3.8, 4) is 0 Å². The lowest BCUT2D eigenvalue weighted by molar-refractivity contribution is -0.138. The van der Waals surface area contributed by atoms with E-state index in [1.165, 1.54) is 0 Å². The van der Waals surface area contributed by atoms with Crippen LogP contribution >= 0.6 is 0 Å². The summed E-state index contributed by atoms with van der Waals surface area (Å²) in [6.45, 7) is 7.01. The zero-order chi connectivity index (χ0) is 32.6. The van der Waals surface area contributed by atoms with Crippen LogP contribution in [0.3, 0.4) is 0 Å². The third kappa shape index (κ3) is 12.3. The molecule has 1 heterocycles. The topological polar surface area (TPSA) is 172 Å². The molecule has 11 nitrogen and oxygen atoms in total. The Morgan fingerprint density at radius 2 is 1.36 bits per heavy atom. The lowest BCUT2D eigenvalue weighted by Gasteiger charge is -2.29. The molecule has 0 spiro atoms. The molecular formula is C34H51N7O4. The van der Waals surface area contributed by atoms with Crippen molar-refractivity contribution in [1.29, 1.82) is 0 Å². The second-order valence-corrected chi connectivity index (χ2v) is 12.2. The normalized spacial score (nSPS) is 16.2. The van der Waals surface area contributed by atoms with Crippen LogP contribution in [-0.4, -0.2) is 85.4 Å². The SMILES string of the molecule is CC(C)C[C@@H](NC(=O)[C@@H](Cc1ccccc1)NC(=O)[C@H](N)Cc1ccccc1)C(=O)N[C@H](CCCN)C(=O)N1CCCNCC1. The molecule has 0 radical (unpaired) electrons. The zero-order valence-corrected chi connectivity index (χ0v) is 26.7. The Balaban J connectivity index is 1.76. The van der Waals surface area contributed by atoms with Crippen LogP contribution in [-0.2, 0) is 32.0 Å². The molecular weight excluding hydrogens is 570 g/mol. The van der Waals surface area contributed by atoms with E-state index in [0.29, 0.717) is 51.9 Å². The quantitative estimate of drug-likeness (QED) is 0.161. The molecule has 2 aromatic carbocycles. The van der Waals surface area contributed by atoms with Crippen LogP contribution in [0.4, 0.5) is 0 Å². The van der Waals surface area contributed by atoms with E-state index in [2.05, 4.69) is 21.3 Å². The van der Waals surface area contributed by atoms with Crippen LogP contribution in [0.1, 0.15) is 50.7 Å². The number of nitrogens with two attached hydrogens (primary N) is 2. The van der Waals surface area contributed by atoms with Gasteiger partial charge >= 0.3 is 0 Å². The number of carbonyl (C=O) groups is 4. The first-order chi connectivity index (χ1) is 21.7. The molecule has 246 valence electrons. The average Bonchev–Trinajstić information content (AvgIpc) is 3.32. The van der Waals surface area contributed by atoms with Gasteiger partial charge in [-0.05, 0) is 62.2 Å². The molecule has 1 aliphatic heterocycles. The molecule has 4 atom stereocenters. The smallest absolute Gasteiger partial charge is 0.245 e. The summed E-state index contributed by atoms with van der Waals surface area (Å²) in [6.07, 6.45) is 2.68. The highest BCUT2D eigenvalue weighted by atomic mass is 16.2. The first-order valence-corrected chi connectivity index (χ1v) is 16.1. The van der Waals surface area contributed by atoms with Crippen molar-refractivity contribution in [3.05, 3.63) is 71.8 Å². The van der Waals surface area contributed by atoms with Crippen molar-refractivity contribution in [3.63, 3.8) is 0 Å². The number of benzene rings is 2. The van der Waals surface area contributed by atoms with E-state index in [9.17, 15) is 19.2 Å². The maximum Gasteiger partial charge on any atom is 0.245 e. The largest absolute Gasteiger partial charge is 0.343 e. The molecule has 0 aromatic heterocycles. The second kappa shape index (κ2) is 18.9. The van der Waals surface area contributed by atoms with E-state index in [1.54, 1.807) is 4.90 Å². The van der Waals surface area contributed by atoms with Crippen LogP contribution in [0.15, 0.2) is 60.7 Å². The fraction of sp³-hybridized carbons (Fsp3) is 0.529. The molecule has 0 saturated carbocycles. The second-order valence-electron chi connectivity index (χ2n) is 12.2. The monoisotopic (exact) mass is 621 g/mol. The molecule has 0 bridgehead atoms. The summed E-state index contributed by atoms with van der Waals surface area (Å²) in [4.78, 5) is 56.0. The Bertz CT molecular complexity index is 1200. The van der Waals surface area contributed by atoms with Gasteiger partial charge in [0.15, 0.2) is 0 Å². The van der Waals surface area contributed by atoms with Crippen molar-refractivity contribution in [2.75, 3.05) is 32.7 Å². The molecule has 1 fully saturated rings. The van der Waals surface area contributed by atoms with Crippen LogP contribution in [0.2, 0.25) is 0 Å². The molecule has 3 rings (SSSR count). The number of rotatable bonds is 16. The zero-order valence-electron chi connectivity index (χ0n) is 26.7. The number of hydrogen-bond acceptors (Lipinski definition) is 7. The number of nitrogens with one attached hydrogen (secondary N) is 4. The Morgan fingerprint density at radius 3 is 1.98 bits per heavy atom. The Morgan fingerprint density at radius 1 is 0.778 bits per heavy atom. The van der Waals surface area contributed by atoms with Gasteiger partial charge in [0, 0.05) is 26.1 Å². The molecule has 8 N–H and O–H groups in total. The van der Waals surface area contributed by atoms with Gasteiger partial charge in [0.1, 0.15) is 18.1 Å². The van der Waals surface area contributed by atoms with E-state index < -0.39 is 41.9 Å². The molecule has 2 aromatic rings. The Hall–Kier alpha value is -3.80. The van der Waals surface area contributed by atoms with Crippen molar-refractivity contribution in [1.82, 2.24) is 26.2 Å². The van der Waals surface area contributed by atoms with Crippen LogP contribution in [0.5, 0.6) is 0 Å². The summed E-state index contributed by atoms with van der Waals surface area (Å²) in [7, 11) is 0. The minimum Gasteiger partial charge on any atom is -0.343 e. The predicted molar refractivity (Wildman–Crippen MR) is 176 cm³/mol. The standard InChI is InChI=1S/C34H51N7O4/c1-24(2)21-29(32(43)38-28(15-9-16-35)34(45)41-19-10-17-37-18-20-41)40-33(44)30(23-26-13-7-4-8-14-26)39-31(42)27(36)22-25-11-5-3-6-12-25/h3-8,11-14,24,27-30,37H,9-10,15-23,35-36H2,1-2H3,(H,38,43)(H,39,42)(H,40,44)/t27-,28-,29-,30-/m1/s1. The van der Waals surface area contributed by atoms with Gasteiger partial charge in [-0.1, -0.05) is 74.5 Å². The van der Waals surface area contributed by atoms with E-state index in [0.717, 1.165) is 24.1 Å². The van der Waals surface area contributed by atoms with Crippen LogP contribution < -0.4 is 32.7 Å². The van der Waals surface area contributed by atoms with Crippen LogP contribution in [0, 0.1) is 5.92 Å². The highest BCUT2D eigenvalue weighted by molar-refractivity contribution is 5.95. The number of amides is 4. The van der Waals surface area contributed by atoms with Gasteiger partial charge in [0.2, 0.25) is 23.6 Å². The van der Waals surface area contributed by atoms with E-state index in [1.807, 2.05) is 74.5 Å². The fourth-order valence-corrected chi connectivity index (χ4v) is 5.41. The van der Waals surface area contributed by atoms with E-state index in [-0.39, 0.29) is 18.2 Å². The Labute approximate surface area is 267 Å². The lowest BCUT2D eigenvalue weighted by Crippen LogP contribution is -2.58. The number of carbonyl (C=O) groups excluding carboxylic acids is 4. The van der Waals surface area contributed by atoms with E-state index in [4.69, 9.17) is 11.5 Å². The molecule has 0 aliphatic carbocycles. The van der Waals surface area contributed by atoms with Crippen molar-refractivity contribution in [2.24, 2.45) is 17.4 Å². The first kappa shape index (κ1) is 35.7. The van der Waals surface area contributed by atoms with Gasteiger partial charge in [0.05, 0.1) is 6.04 Å². The summed E-state index contributed by atoms with van der Waals surface area (Å²) < 4.78 is 0. The summed E-state index contributed by atoms with van der Waals surface area (Å²) >= 11 is 0. The highest BCUT2D eigenvalue weighted by Gasteiger charge is 2.32. The van der Waals surface area contributed by atoms with Gasteiger partial charge in [-0.25, -0.2) is 0 Å². The van der Waals surface area contributed by atoms with Gasteiger partial charge in [-0.3, -0.25) is 19.2 Å². The van der Waals surface area contributed by atoms with Crippen molar-refractivity contribution < 1.29 is 19.2 Å². The molecule has 1 aliphatic rings. The minimum atomic E-state index is -0.969. The number of nitrogens with zero attached hydrogens (tertiary/aromatic N) is 1. The summed E-state index contributed by atoms with van der Waals surface area (Å²) in [5.74, 6) is -1.47. The molecule has 1 saturated heterocycles. The van der Waals surface area contributed by atoms with Crippen molar-refractivity contribution >= 4 is 23.6 Å². The maximum atomic E-state index is 13.8. The first-order valence-electron chi connectivity index (χ1n) is 16.1. The van der Waals surface area contributed by atoms with Crippen LogP contribution in [0.25, 0.3) is 0 Å².